The molecule has 0 unspecified atom stereocenters. The van der Waals surface area contributed by atoms with E-state index >= 15 is 0 Å². The maximum atomic E-state index is 13.1. The Balaban J connectivity index is 1.50. The Morgan fingerprint density at radius 3 is 2.65 bits per heavy atom. The van der Waals surface area contributed by atoms with Crippen LogP contribution in [-0.4, -0.2) is 55.9 Å². The molecule has 1 aromatic carbocycles. The van der Waals surface area contributed by atoms with Crippen LogP contribution in [0.25, 0.3) is 0 Å². The van der Waals surface area contributed by atoms with E-state index in [1.165, 1.54) is 17.2 Å². The van der Waals surface area contributed by atoms with Gasteiger partial charge < -0.3 is 20.1 Å². The number of nitrogens with one attached hydrogen (secondary N) is 1. The summed E-state index contributed by atoms with van der Waals surface area (Å²) < 4.78 is 5.56. The summed E-state index contributed by atoms with van der Waals surface area (Å²) in [4.78, 5) is 47.1. The van der Waals surface area contributed by atoms with Gasteiger partial charge in [0.25, 0.3) is 5.91 Å². The molecule has 3 atom stereocenters. The standard InChI is InChI=1S/C22H22N4O5/c27-19(16-12-13-23-22(25-16)31-15-7-2-1-3-8-15)24-17-9-5-4-6-14-10-11-18(21(29)30)26(14)20(17)28/h1-5,7-8,12-14,17-18H,6,9-11H2,(H,24,27)(H,29,30)/b5-4-/t14-,17+,18+/m1/s1. The molecule has 9 nitrogen and oxygen atoms in total. The van der Waals surface area contributed by atoms with Gasteiger partial charge in [0.05, 0.1) is 0 Å². The largest absolute Gasteiger partial charge is 0.480 e. The van der Waals surface area contributed by atoms with Crippen molar-refractivity contribution in [3.05, 3.63) is 60.4 Å². The molecule has 0 aliphatic carbocycles. The highest BCUT2D eigenvalue weighted by Gasteiger charge is 2.43. The Morgan fingerprint density at radius 2 is 1.87 bits per heavy atom. The molecule has 2 N–H and O–H groups in total. The second-order valence-corrected chi connectivity index (χ2v) is 7.44. The van der Waals surface area contributed by atoms with Crippen LogP contribution in [0, 0.1) is 0 Å². The first-order chi connectivity index (χ1) is 15.0. The van der Waals surface area contributed by atoms with E-state index in [1.807, 2.05) is 18.2 Å². The molecule has 31 heavy (non-hydrogen) atoms. The fraction of sp³-hybridized carbons (Fsp3) is 0.318. The summed E-state index contributed by atoms with van der Waals surface area (Å²) >= 11 is 0. The molecular weight excluding hydrogens is 400 g/mol. The molecule has 0 radical (unpaired) electrons. The van der Waals surface area contributed by atoms with Crippen LogP contribution >= 0.6 is 0 Å². The zero-order chi connectivity index (χ0) is 21.8. The SMILES string of the molecule is O=C(N[C@H]1C/C=C\C[C@@H]2CC[C@@H](C(=O)O)N2C1=O)c1ccnc(Oc2ccccc2)n1. The van der Waals surface area contributed by atoms with Gasteiger partial charge in [0.1, 0.15) is 23.5 Å². The number of carbonyl (C=O) groups excluding carboxylic acids is 2. The minimum Gasteiger partial charge on any atom is -0.480 e. The lowest BCUT2D eigenvalue weighted by atomic mass is 10.0. The molecule has 1 saturated heterocycles. The van der Waals surface area contributed by atoms with Gasteiger partial charge in [-0.05, 0) is 43.9 Å². The van der Waals surface area contributed by atoms with Gasteiger partial charge in [-0.3, -0.25) is 9.59 Å². The zero-order valence-electron chi connectivity index (χ0n) is 16.7. The summed E-state index contributed by atoms with van der Waals surface area (Å²) in [5.74, 6) is -1.44. The summed E-state index contributed by atoms with van der Waals surface area (Å²) in [5.41, 5.74) is 0.0486. The van der Waals surface area contributed by atoms with E-state index in [9.17, 15) is 19.5 Å². The summed E-state index contributed by atoms with van der Waals surface area (Å²) in [6.45, 7) is 0. The Bertz CT molecular complexity index is 1010. The van der Waals surface area contributed by atoms with Gasteiger partial charge in [-0.25, -0.2) is 9.78 Å². The van der Waals surface area contributed by atoms with Gasteiger partial charge >= 0.3 is 12.0 Å². The van der Waals surface area contributed by atoms with Crippen LogP contribution in [0.1, 0.15) is 36.2 Å². The quantitative estimate of drug-likeness (QED) is 0.708. The van der Waals surface area contributed by atoms with Crippen molar-refractivity contribution in [1.29, 1.82) is 0 Å². The number of hydrogen-bond acceptors (Lipinski definition) is 6. The highest BCUT2D eigenvalue weighted by Crippen LogP contribution is 2.29. The van der Waals surface area contributed by atoms with Gasteiger partial charge in [-0.1, -0.05) is 30.4 Å². The molecular formula is C22H22N4O5. The molecule has 2 aliphatic heterocycles. The van der Waals surface area contributed by atoms with Crippen LogP contribution in [-0.2, 0) is 9.59 Å². The van der Waals surface area contributed by atoms with E-state index in [4.69, 9.17) is 4.74 Å². The van der Waals surface area contributed by atoms with Gasteiger partial charge in [0, 0.05) is 12.2 Å². The molecule has 0 spiro atoms. The molecule has 160 valence electrons. The lowest BCUT2D eigenvalue weighted by Gasteiger charge is -2.32. The van der Waals surface area contributed by atoms with Crippen LogP contribution in [0.3, 0.4) is 0 Å². The van der Waals surface area contributed by atoms with Crippen LogP contribution in [0.2, 0.25) is 0 Å². The molecule has 1 aromatic heterocycles. The predicted molar refractivity (Wildman–Crippen MR) is 109 cm³/mol. The number of benzene rings is 1. The maximum absolute atomic E-state index is 13.1. The normalized spacial score (nSPS) is 23.9. The number of rotatable bonds is 5. The van der Waals surface area contributed by atoms with Crippen LogP contribution < -0.4 is 10.1 Å². The molecule has 2 amide bonds. The number of aromatic nitrogens is 2. The van der Waals surface area contributed by atoms with Gasteiger partial charge in [-0.15, -0.1) is 0 Å². The second-order valence-electron chi connectivity index (χ2n) is 7.44. The average Bonchev–Trinajstić information content (AvgIpc) is 3.19. The van der Waals surface area contributed by atoms with Crippen LogP contribution in [0.4, 0.5) is 0 Å². The summed E-state index contributed by atoms with van der Waals surface area (Å²) in [6, 6.07) is 8.44. The first-order valence-corrected chi connectivity index (χ1v) is 10.1. The number of aliphatic carboxylic acids is 1. The summed E-state index contributed by atoms with van der Waals surface area (Å²) in [5, 5.41) is 12.2. The molecule has 0 saturated carbocycles. The van der Waals surface area contributed by atoms with E-state index in [0.717, 1.165) is 0 Å². The summed E-state index contributed by atoms with van der Waals surface area (Å²) in [7, 11) is 0. The third-order valence-corrected chi connectivity index (χ3v) is 5.41. The first kappa shape index (κ1) is 20.5. The van der Waals surface area contributed by atoms with Crippen LogP contribution in [0.15, 0.2) is 54.7 Å². The Labute approximate surface area is 178 Å². The average molecular weight is 422 g/mol. The van der Waals surface area contributed by atoms with Crippen LogP contribution in [0.5, 0.6) is 11.8 Å². The van der Waals surface area contributed by atoms with E-state index in [0.29, 0.717) is 25.0 Å². The summed E-state index contributed by atoms with van der Waals surface area (Å²) in [6.07, 6.45) is 7.10. The molecule has 4 rings (SSSR count). The zero-order valence-corrected chi connectivity index (χ0v) is 16.7. The fourth-order valence-electron chi connectivity index (χ4n) is 3.92. The van der Waals surface area contributed by atoms with E-state index in [-0.39, 0.29) is 30.1 Å². The number of fused-ring (bicyclic) bond motifs is 1. The molecule has 0 bridgehead atoms. The van der Waals surface area contributed by atoms with Gasteiger partial charge in [0.15, 0.2) is 0 Å². The highest BCUT2D eigenvalue weighted by atomic mass is 16.5. The highest BCUT2D eigenvalue weighted by molar-refractivity contribution is 5.97. The second kappa shape index (κ2) is 8.95. The molecule has 1 fully saturated rings. The number of nitrogens with zero attached hydrogens (tertiary/aromatic N) is 3. The predicted octanol–water partition coefficient (Wildman–Crippen LogP) is 2.16. The number of carboxylic acid groups (broad SMARTS) is 1. The molecule has 3 heterocycles. The number of ether oxygens (including phenoxy) is 1. The van der Waals surface area contributed by atoms with Gasteiger partial charge in [-0.2, -0.15) is 4.98 Å². The van der Waals surface area contributed by atoms with Gasteiger partial charge in [0.2, 0.25) is 5.91 Å². The molecule has 9 heteroatoms. The molecule has 2 aliphatic rings. The Morgan fingerprint density at radius 1 is 1.10 bits per heavy atom. The number of para-hydroxylation sites is 1. The monoisotopic (exact) mass is 422 g/mol. The minimum atomic E-state index is -1.02. The van der Waals surface area contributed by atoms with Crippen molar-refractivity contribution in [1.82, 2.24) is 20.2 Å². The number of amides is 2. The van der Waals surface area contributed by atoms with E-state index in [1.54, 1.807) is 24.3 Å². The van der Waals surface area contributed by atoms with Crippen molar-refractivity contribution in [3.63, 3.8) is 0 Å². The fourth-order valence-corrected chi connectivity index (χ4v) is 3.92. The maximum Gasteiger partial charge on any atom is 0.326 e. The lowest BCUT2D eigenvalue weighted by molar-refractivity contribution is -0.150. The Hall–Kier alpha value is -3.75. The lowest BCUT2D eigenvalue weighted by Crippen LogP contribution is -2.54. The first-order valence-electron chi connectivity index (χ1n) is 10.1. The Kier molecular flexibility index (Phi) is 5.92. The smallest absolute Gasteiger partial charge is 0.326 e. The third kappa shape index (κ3) is 4.55. The number of hydrogen-bond donors (Lipinski definition) is 2. The van der Waals surface area contributed by atoms with Crippen molar-refractivity contribution < 1.29 is 24.2 Å². The number of carbonyl (C=O) groups is 3. The number of carboxylic acids is 1. The molecule has 2 aromatic rings. The van der Waals surface area contributed by atoms with Crippen molar-refractivity contribution >= 4 is 17.8 Å². The van der Waals surface area contributed by atoms with Crippen molar-refractivity contribution in [2.75, 3.05) is 0 Å². The van der Waals surface area contributed by atoms with E-state index < -0.39 is 24.0 Å². The minimum absolute atomic E-state index is 0.00767. The third-order valence-electron chi connectivity index (χ3n) is 5.41. The van der Waals surface area contributed by atoms with E-state index in [2.05, 4.69) is 15.3 Å². The van der Waals surface area contributed by atoms with Crippen molar-refractivity contribution in [2.24, 2.45) is 0 Å². The van der Waals surface area contributed by atoms with Crippen molar-refractivity contribution in [3.8, 4) is 11.8 Å². The van der Waals surface area contributed by atoms with Crippen molar-refractivity contribution in [2.45, 2.75) is 43.8 Å². The topological polar surface area (TPSA) is 122 Å².